The number of carbonyl (C=O) groups excluding carboxylic acids is 1. The van der Waals surface area contributed by atoms with Crippen LogP contribution in [-0.4, -0.2) is 63.1 Å². The third-order valence-electron chi connectivity index (χ3n) is 4.82. The number of hydrogen-bond acceptors (Lipinski definition) is 4. The van der Waals surface area contributed by atoms with Crippen LogP contribution >= 0.6 is 35.6 Å². The van der Waals surface area contributed by atoms with Crippen molar-refractivity contribution in [3.05, 3.63) is 59.1 Å². The zero-order valence-corrected chi connectivity index (χ0v) is 20.0. The molecule has 3 N–H and O–H groups in total. The van der Waals surface area contributed by atoms with E-state index in [1.165, 1.54) is 0 Å². The van der Waals surface area contributed by atoms with Crippen LogP contribution in [0.15, 0.2) is 53.5 Å². The second kappa shape index (κ2) is 11.8. The molecule has 1 fully saturated rings. The molecule has 2 aromatic rings. The fourth-order valence-corrected chi connectivity index (χ4v) is 3.26. The van der Waals surface area contributed by atoms with Crippen LogP contribution in [0.2, 0.25) is 5.02 Å². The maximum absolute atomic E-state index is 12.1. The van der Waals surface area contributed by atoms with Gasteiger partial charge in [0.2, 0.25) is 0 Å². The van der Waals surface area contributed by atoms with Gasteiger partial charge in [0.15, 0.2) is 5.96 Å². The molecule has 1 amide bonds. The average molecular weight is 544 g/mol. The highest BCUT2D eigenvalue weighted by Gasteiger charge is 2.18. The molecule has 1 saturated heterocycles. The SMILES string of the molecule is COc1ccc(C(=O)NCCN=C(N)N2CCN(c3ccc(Cl)cc3)CC2)cc1.I. The van der Waals surface area contributed by atoms with Crippen molar-refractivity contribution in [2.45, 2.75) is 0 Å². The van der Waals surface area contributed by atoms with Crippen LogP contribution in [-0.2, 0) is 0 Å². The fraction of sp³-hybridized carbons (Fsp3) is 0.333. The lowest BCUT2D eigenvalue weighted by Crippen LogP contribution is -2.51. The number of ether oxygens (including phenoxy) is 1. The third kappa shape index (κ3) is 6.66. The molecule has 1 aliphatic heterocycles. The molecule has 0 spiro atoms. The lowest BCUT2D eigenvalue weighted by Gasteiger charge is -2.36. The van der Waals surface area contributed by atoms with Gasteiger partial charge in [0, 0.05) is 49.0 Å². The molecule has 0 saturated carbocycles. The molecular weight excluding hydrogens is 517 g/mol. The van der Waals surface area contributed by atoms with Crippen molar-refractivity contribution in [2.24, 2.45) is 10.7 Å². The molecule has 0 unspecified atom stereocenters. The van der Waals surface area contributed by atoms with Crippen molar-refractivity contribution >= 4 is 53.1 Å². The molecule has 2 aromatic carbocycles. The van der Waals surface area contributed by atoms with E-state index < -0.39 is 0 Å². The number of nitrogens with one attached hydrogen (secondary N) is 1. The standard InChI is InChI=1S/C21H26ClN5O2.HI/c1-29-19-8-2-16(3-9-19)20(28)24-10-11-25-21(23)27-14-12-26(13-15-27)18-6-4-17(22)5-7-18;/h2-9H,10-15H2,1H3,(H2,23,25)(H,24,28);1H. The second-order valence-electron chi connectivity index (χ2n) is 6.67. The molecule has 0 radical (unpaired) electrons. The topological polar surface area (TPSA) is 83.2 Å². The number of anilines is 1. The molecule has 3 rings (SSSR count). The molecule has 0 bridgehead atoms. The predicted molar refractivity (Wildman–Crippen MR) is 132 cm³/mol. The summed E-state index contributed by atoms with van der Waals surface area (Å²) in [6.45, 7) is 4.20. The number of carbonyl (C=O) groups is 1. The molecule has 30 heavy (non-hydrogen) atoms. The summed E-state index contributed by atoms with van der Waals surface area (Å²) in [7, 11) is 1.59. The summed E-state index contributed by atoms with van der Waals surface area (Å²) in [6.07, 6.45) is 0. The van der Waals surface area contributed by atoms with Crippen molar-refractivity contribution in [1.29, 1.82) is 0 Å². The number of amides is 1. The van der Waals surface area contributed by atoms with E-state index in [0.717, 1.165) is 42.6 Å². The Morgan fingerprint density at radius 3 is 2.33 bits per heavy atom. The molecule has 0 aromatic heterocycles. The van der Waals surface area contributed by atoms with Gasteiger partial charge in [-0.1, -0.05) is 11.6 Å². The first-order valence-corrected chi connectivity index (χ1v) is 9.92. The second-order valence-corrected chi connectivity index (χ2v) is 7.11. The highest BCUT2D eigenvalue weighted by Crippen LogP contribution is 2.19. The zero-order chi connectivity index (χ0) is 20.6. The van der Waals surface area contributed by atoms with Crippen molar-refractivity contribution in [3.8, 4) is 5.75 Å². The minimum absolute atomic E-state index is 0. The van der Waals surface area contributed by atoms with Crippen molar-refractivity contribution in [1.82, 2.24) is 10.2 Å². The van der Waals surface area contributed by atoms with Gasteiger partial charge in [0.05, 0.1) is 13.7 Å². The first-order valence-electron chi connectivity index (χ1n) is 9.54. The van der Waals surface area contributed by atoms with E-state index in [1.54, 1.807) is 31.4 Å². The van der Waals surface area contributed by atoms with Crippen LogP contribution in [0.3, 0.4) is 0 Å². The molecule has 0 aliphatic carbocycles. The van der Waals surface area contributed by atoms with E-state index in [1.807, 2.05) is 24.3 Å². The van der Waals surface area contributed by atoms with Crippen molar-refractivity contribution in [2.75, 3.05) is 51.3 Å². The molecule has 162 valence electrons. The first kappa shape index (κ1) is 24.1. The summed E-state index contributed by atoms with van der Waals surface area (Å²) in [5, 5.41) is 3.59. The molecule has 9 heteroatoms. The Morgan fingerprint density at radius 2 is 1.73 bits per heavy atom. The summed E-state index contributed by atoms with van der Waals surface area (Å²) in [6, 6.07) is 14.8. The Labute approximate surface area is 199 Å². The van der Waals surface area contributed by atoms with Gasteiger partial charge in [0.1, 0.15) is 5.75 Å². The summed E-state index contributed by atoms with van der Waals surface area (Å²) in [5.74, 6) is 1.09. The minimum atomic E-state index is -0.141. The number of guanidine groups is 1. The Kier molecular flexibility index (Phi) is 9.51. The molecule has 1 heterocycles. The smallest absolute Gasteiger partial charge is 0.251 e. The van der Waals surface area contributed by atoms with Crippen molar-refractivity contribution < 1.29 is 9.53 Å². The van der Waals surface area contributed by atoms with Crippen LogP contribution in [0.4, 0.5) is 5.69 Å². The third-order valence-corrected chi connectivity index (χ3v) is 5.07. The monoisotopic (exact) mass is 543 g/mol. The van der Waals surface area contributed by atoms with Gasteiger partial charge in [-0.05, 0) is 48.5 Å². The Bertz CT molecular complexity index is 837. The molecular formula is C21H27ClIN5O2. The zero-order valence-electron chi connectivity index (χ0n) is 16.9. The number of methoxy groups -OCH3 is 1. The van der Waals surface area contributed by atoms with Gasteiger partial charge in [-0.3, -0.25) is 9.79 Å². The lowest BCUT2D eigenvalue weighted by atomic mass is 10.2. The lowest BCUT2D eigenvalue weighted by molar-refractivity contribution is 0.0954. The molecule has 0 atom stereocenters. The summed E-state index contributed by atoms with van der Waals surface area (Å²) in [5.41, 5.74) is 7.87. The van der Waals surface area contributed by atoms with Crippen LogP contribution in [0.1, 0.15) is 10.4 Å². The van der Waals surface area contributed by atoms with Gasteiger partial charge < -0.3 is 25.6 Å². The van der Waals surface area contributed by atoms with E-state index in [9.17, 15) is 4.79 Å². The summed E-state index contributed by atoms with van der Waals surface area (Å²) < 4.78 is 5.09. The minimum Gasteiger partial charge on any atom is -0.497 e. The largest absolute Gasteiger partial charge is 0.497 e. The van der Waals surface area contributed by atoms with Crippen LogP contribution in [0.25, 0.3) is 0 Å². The highest BCUT2D eigenvalue weighted by molar-refractivity contribution is 14.0. The summed E-state index contributed by atoms with van der Waals surface area (Å²) in [4.78, 5) is 20.9. The van der Waals surface area contributed by atoms with Crippen molar-refractivity contribution in [3.63, 3.8) is 0 Å². The Balaban J connectivity index is 0.00000320. The van der Waals surface area contributed by atoms with E-state index in [-0.39, 0.29) is 29.9 Å². The molecule has 1 aliphatic rings. The van der Waals surface area contributed by atoms with Gasteiger partial charge in [-0.2, -0.15) is 0 Å². The maximum Gasteiger partial charge on any atom is 0.251 e. The number of piperazine rings is 1. The number of rotatable bonds is 6. The number of hydrogen-bond donors (Lipinski definition) is 2. The number of benzene rings is 2. The highest BCUT2D eigenvalue weighted by atomic mass is 127. The van der Waals surface area contributed by atoms with Gasteiger partial charge in [-0.25, -0.2) is 0 Å². The Hall–Kier alpha value is -2.20. The number of nitrogens with zero attached hydrogens (tertiary/aromatic N) is 3. The fourth-order valence-electron chi connectivity index (χ4n) is 3.13. The summed E-state index contributed by atoms with van der Waals surface area (Å²) >= 11 is 5.95. The van der Waals surface area contributed by atoms with Gasteiger partial charge >= 0.3 is 0 Å². The average Bonchev–Trinajstić information content (AvgIpc) is 2.77. The van der Waals surface area contributed by atoms with Crippen LogP contribution in [0.5, 0.6) is 5.75 Å². The van der Waals surface area contributed by atoms with E-state index in [0.29, 0.717) is 24.6 Å². The predicted octanol–water partition coefficient (Wildman–Crippen LogP) is 2.83. The van der Waals surface area contributed by atoms with E-state index in [4.69, 9.17) is 22.1 Å². The molecule has 7 nitrogen and oxygen atoms in total. The Morgan fingerprint density at radius 1 is 1.10 bits per heavy atom. The van der Waals surface area contributed by atoms with Crippen LogP contribution < -0.4 is 20.7 Å². The quantitative estimate of drug-likeness (QED) is 0.253. The first-order chi connectivity index (χ1) is 14.1. The van der Waals surface area contributed by atoms with Gasteiger partial charge in [-0.15, -0.1) is 24.0 Å². The number of aliphatic imine (C=N–C) groups is 1. The maximum atomic E-state index is 12.1. The number of halogens is 2. The number of nitrogens with two attached hydrogens (primary N) is 1. The van der Waals surface area contributed by atoms with E-state index in [2.05, 4.69) is 20.1 Å². The normalized spacial score (nSPS) is 14.1. The van der Waals surface area contributed by atoms with Crippen LogP contribution in [0, 0.1) is 0 Å². The van der Waals surface area contributed by atoms with E-state index >= 15 is 0 Å². The van der Waals surface area contributed by atoms with Gasteiger partial charge in [0.25, 0.3) is 5.91 Å².